The van der Waals surface area contributed by atoms with E-state index in [1.807, 2.05) is 61.0 Å². The smallest absolute Gasteiger partial charge is 0.226 e. The molecule has 2 heterocycles. The molecule has 0 saturated heterocycles. The SMILES string of the molecule is COc1ccc(OC)c([C@H](C)NC(=O)Cc2cn3cccc(C)c3n2)c1. The Morgan fingerprint density at radius 3 is 2.77 bits per heavy atom. The van der Waals surface area contributed by atoms with E-state index < -0.39 is 0 Å². The number of rotatable bonds is 6. The first-order valence-corrected chi connectivity index (χ1v) is 8.46. The standard InChI is InChI=1S/C20H23N3O3/c1-13-6-5-9-23-12-15(22-20(13)23)10-19(24)21-14(2)17-11-16(25-3)7-8-18(17)26-4/h5-9,11-12,14H,10H2,1-4H3,(H,21,24)/t14-/m0/s1. The van der Waals surface area contributed by atoms with Gasteiger partial charge in [-0.15, -0.1) is 0 Å². The Bertz CT molecular complexity index is 933. The largest absolute Gasteiger partial charge is 0.497 e. The predicted molar refractivity (Wildman–Crippen MR) is 99.7 cm³/mol. The summed E-state index contributed by atoms with van der Waals surface area (Å²) in [4.78, 5) is 17.0. The third kappa shape index (κ3) is 3.64. The van der Waals surface area contributed by atoms with Crippen LogP contribution in [-0.4, -0.2) is 29.5 Å². The molecule has 0 unspecified atom stereocenters. The second-order valence-corrected chi connectivity index (χ2v) is 6.23. The molecule has 6 heteroatoms. The summed E-state index contributed by atoms with van der Waals surface area (Å²) in [5, 5.41) is 3.01. The molecule has 6 nitrogen and oxygen atoms in total. The Morgan fingerprint density at radius 2 is 2.08 bits per heavy atom. The van der Waals surface area contributed by atoms with Crippen LogP contribution in [0.4, 0.5) is 0 Å². The monoisotopic (exact) mass is 353 g/mol. The van der Waals surface area contributed by atoms with Crippen molar-refractivity contribution in [3.8, 4) is 11.5 Å². The highest BCUT2D eigenvalue weighted by Crippen LogP contribution is 2.29. The second-order valence-electron chi connectivity index (χ2n) is 6.23. The minimum atomic E-state index is -0.216. The number of methoxy groups -OCH3 is 2. The molecule has 0 bridgehead atoms. The minimum absolute atomic E-state index is 0.0940. The normalized spacial score (nSPS) is 12.0. The molecule has 3 aromatic rings. The van der Waals surface area contributed by atoms with Crippen LogP contribution >= 0.6 is 0 Å². The quantitative estimate of drug-likeness (QED) is 0.740. The van der Waals surface area contributed by atoms with Gasteiger partial charge in [0.2, 0.25) is 5.91 Å². The van der Waals surface area contributed by atoms with E-state index in [9.17, 15) is 4.79 Å². The molecule has 0 spiro atoms. The molecule has 1 atom stereocenters. The number of nitrogens with one attached hydrogen (secondary N) is 1. The summed E-state index contributed by atoms with van der Waals surface area (Å²) in [7, 11) is 3.22. The molecule has 26 heavy (non-hydrogen) atoms. The molecule has 1 aromatic carbocycles. The molecule has 0 aliphatic heterocycles. The van der Waals surface area contributed by atoms with Crippen molar-refractivity contribution in [1.82, 2.24) is 14.7 Å². The van der Waals surface area contributed by atoms with Crippen LogP contribution in [0.15, 0.2) is 42.7 Å². The summed E-state index contributed by atoms with van der Waals surface area (Å²) < 4.78 is 12.6. The lowest BCUT2D eigenvalue weighted by atomic mass is 10.1. The van der Waals surface area contributed by atoms with Crippen LogP contribution in [0.2, 0.25) is 0 Å². The number of nitrogens with zero attached hydrogens (tertiary/aromatic N) is 2. The molecule has 0 fully saturated rings. The van der Waals surface area contributed by atoms with E-state index in [2.05, 4.69) is 10.3 Å². The van der Waals surface area contributed by atoms with Crippen molar-refractivity contribution in [3.05, 3.63) is 59.5 Å². The number of aromatic nitrogens is 2. The van der Waals surface area contributed by atoms with Gasteiger partial charge in [-0.05, 0) is 43.7 Å². The van der Waals surface area contributed by atoms with Crippen molar-refractivity contribution in [3.63, 3.8) is 0 Å². The van der Waals surface area contributed by atoms with Gasteiger partial charge in [0, 0.05) is 18.0 Å². The molecule has 0 aliphatic rings. The van der Waals surface area contributed by atoms with E-state index in [0.29, 0.717) is 5.75 Å². The Kier molecular flexibility index (Phi) is 5.11. The Morgan fingerprint density at radius 1 is 1.27 bits per heavy atom. The number of carbonyl (C=O) groups is 1. The van der Waals surface area contributed by atoms with Crippen molar-refractivity contribution in [1.29, 1.82) is 0 Å². The van der Waals surface area contributed by atoms with E-state index in [4.69, 9.17) is 9.47 Å². The van der Waals surface area contributed by atoms with Crippen LogP contribution in [0.5, 0.6) is 11.5 Å². The number of hydrogen-bond donors (Lipinski definition) is 1. The van der Waals surface area contributed by atoms with Crippen molar-refractivity contribution in [2.75, 3.05) is 14.2 Å². The van der Waals surface area contributed by atoms with Crippen LogP contribution in [0.1, 0.15) is 29.8 Å². The fraction of sp³-hybridized carbons (Fsp3) is 0.300. The molecular formula is C20H23N3O3. The van der Waals surface area contributed by atoms with Gasteiger partial charge >= 0.3 is 0 Å². The van der Waals surface area contributed by atoms with E-state index >= 15 is 0 Å². The molecular weight excluding hydrogens is 330 g/mol. The fourth-order valence-electron chi connectivity index (χ4n) is 3.00. The number of carbonyl (C=O) groups excluding carboxylic acids is 1. The first-order valence-electron chi connectivity index (χ1n) is 8.46. The molecule has 3 rings (SSSR count). The van der Waals surface area contributed by atoms with Gasteiger partial charge in [0.15, 0.2) is 0 Å². The van der Waals surface area contributed by atoms with E-state index in [1.54, 1.807) is 14.2 Å². The Balaban J connectivity index is 1.73. The number of ether oxygens (including phenoxy) is 2. The van der Waals surface area contributed by atoms with Crippen molar-refractivity contribution < 1.29 is 14.3 Å². The Labute approximate surface area is 152 Å². The lowest BCUT2D eigenvalue weighted by Crippen LogP contribution is -2.28. The van der Waals surface area contributed by atoms with Crippen LogP contribution < -0.4 is 14.8 Å². The zero-order valence-corrected chi connectivity index (χ0v) is 15.4. The number of hydrogen-bond acceptors (Lipinski definition) is 4. The zero-order chi connectivity index (χ0) is 18.7. The highest BCUT2D eigenvalue weighted by atomic mass is 16.5. The summed E-state index contributed by atoms with van der Waals surface area (Å²) in [6, 6.07) is 9.29. The maximum atomic E-state index is 12.5. The molecule has 0 radical (unpaired) electrons. The van der Waals surface area contributed by atoms with Gasteiger partial charge in [-0.1, -0.05) is 6.07 Å². The molecule has 0 saturated carbocycles. The predicted octanol–water partition coefficient (Wildman–Crippen LogP) is 3.08. The third-order valence-electron chi connectivity index (χ3n) is 4.35. The van der Waals surface area contributed by atoms with Crippen molar-refractivity contribution in [2.45, 2.75) is 26.3 Å². The highest BCUT2D eigenvalue weighted by Gasteiger charge is 2.16. The summed E-state index contributed by atoms with van der Waals surface area (Å²) in [6.07, 6.45) is 4.04. The van der Waals surface area contributed by atoms with Gasteiger partial charge in [0.1, 0.15) is 17.1 Å². The van der Waals surface area contributed by atoms with Gasteiger partial charge in [-0.3, -0.25) is 4.79 Å². The number of amides is 1. The number of fused-ring (bicyclic) bond motifs is 1. The first kappa shape index (κ1) is 17.8. The van der Waals surface area contributed by atoms with E-state index in [0.717, 1.165) is 28.2 Å². The molecule has 1 N–H and O–H groups in total. The average molecular weight is 353 g/mol. The lowest BCUT2D eigenvalue weighted by molar-refractivity contribution is -0.121. The lowest BCUT2D eigenvalue weighted by Gasteiger charge is -2.18. The highest BCUT2D eigenvalue weighted by molar-refractivity contribution is 5.79. The van der Waals surface area contributed by atoms with E-state index in [-0.39, 0.29) is 18.4 Å². The molecule has 0 aliphatic carbocycles. The topological polar surface area (TPSA) is 64.9 Å². The van der Waals surface area contributed by atoms with Gasteiger partial charge in [0.25, 0.3) is 0 Å². The first-order chi connectivity index (χ1) is 12.5. The van der Waals surface area contributed by atoms with E-state index in [1.165, 1.54) is 0 Å². The molecule has 136 valence electrons. The van der Waals surface area contributed by atoms with Crippen LogP contribution in [0, 0.1) is 6.92 Å². The van der Waals surface area contributed by atoms with Gasteiger partial charge < -0.3 is 19.2 Å². The van der Waals surface area contributed by atoms with Gasteiger partial charge in [-0.25, -0.2) is 4.98 Å². The Hall–Kier alpha value is -3.02. The number of aryl methyl sites for hydroxylation is 1. The van der Waals surface area contributed by atoms with Crippen molar-refractivity contribution >= 4 is 11.6 Å². The third-order valence-corrected chi connectivity index (χ3v) is 4.35. The number of pyridine rings is 1. The summed E-state index contributed by atoms with van der Waals surface area (Å²) in [6.45, 7) is 3.92. The number of imidazole rings is 1. The van der Waals surface area contributed by atoms with Crippen molar-refractivity contribution in [2.24, 2.45) is 0 Å². The summed E-state index contributed by atoms with van der Waals surface area (Å²) >= 11 is 0. The molecule has 1 amide bonds. The van der Waals surface area contributed by atoms with Gasteiger partial charge in [0.05, 0.1) is 32.4 Å². The van der Waals surface area contributed by atoms with Gasteiger partial charge in [-0.2, -0.15) is 0 Å². The zero-order valence-electron chi connectivity index (χ0n) is 15.4. The second kappa shape index (κ2) is 7.47. The van der Waals surface area contributed by atoms with Crippen LogP contribution in [0.3, 0.4) is 0 Å². The van der Waals surface area contributed by atoms with Crippen LogP contribution in [-0.2, 0) is 11.2 Å². The fourth-order valence-corrected chi connectivity index (χ4v) is 3.00. The minimum Gasteiger partial charge on any atom is -0.497 e. The van der Waals surface area contributed by atoms with Crippen LogP contribution in [0.25, 0.3) is 5.65 Å². The maximum absolute atomic E-state index is 12.5. The average Bonchev–Trinajstić information content (AvgIpc) is 3.04. The maximum Gasteiger partial charge on any atom is 0.226 e. The summed E-state index contributed by atoms with van der Waals surface area (Å²) in [5.74, 6) is 1.34. The summed E-state index contributed by atoms with van der Waals surface area (Å²) in [5.41, 5.74) is 3.55. The number of benzene rings is 1. The molecule has 2 aromatic heterocycles.